The molecule has 11 heteroatoms. The second kappa shape index (κ2) is 11.6. The summed E-state index contributed by atoms with van der Waals surface area (Å²) in [5, 5.41) is 12.4. The van der Waals surface area contributed by atoms with E-state index in [1.807, 2.05) is 6.92 Å². The van der Waals surface area contributed by atoms with Crippen LogP contribution in [0.1, 0.15) is 77.4 Å². The number of anilines is 1. The number of primary amides is 1. The molecule has 1 saturated carbocycles. The normalized spacial score (nSPS) is 14.3. The first-order chi connectivity index (χ1) is 15.8. The zero-order valence-corrected chi connectivity index (χ0v) is 20.9. The van der Waals surface area contributed by atoms with Crippen LogP contribution in [0.15, 0.2) is 5.16 Å². The van der Waals surface area contributed by atoms with Gasteiger partial charge in [0.15, 0.2) is 5.16 Å². The van der Waals surface area contributed by atoms with Gasteiger partial charge in [-0.05, 0) is 32.3 Å². The zero-order valence-electron chi connectivity index (χ0n) is 19.3. The van der Waals surface area contributed by atoms with Crippen molar-refractivity contribution in [2.24, 2.45) is 11.7 Å². The number of amides is 2. The molecule has 2 amide bonds. The van der Waals surface area contributed by atoms with E-state index in [-0.39, 0.29) is 33.7 Å². The lowest BCUT2D eigenvalue weighted by Crippen LogP contribution is -2.17. The summed E-state index contributed by atoms with van der Waals surface area (Å²) >= 11 is 2.28. The molecule has 3 rings (SSSR count). The number of carbonyl (C=O) groups excluding carboxylic acids is 3. The summed E-state index contributed by atoms with van der Waals surface area (Å²) in [4.78, 5) is 37.0. The summed E-state index contributed by atoms with van der Waals surface area (Å²) in [7, 11) is 0. The molecule has 0 bridgehead atoms. The van der Waals surface area contributed by atoms with E-state index in [4.69, 9.17) is 10.5 Å². The van der Waals surface area contributed by atoms with E-state index < -0.39 is 11.9 Å². The van der Waals surface area contributed by atoms with Crippen LogP contribution in [0.5, 0.6) is 0 Å². The van der Waals surface area contributed by atoms with Crippen LogP contribution in [-0.2, 0) is 22.5 Å². The van der Waals surface area contributed by atoms with E-state index in [9.17, 15) is 14.4 Å². The molecule has 0 unspecified atom stereocenters. The lowest BCUT2D eigenvalue weighted by molar-refractivity contribution is -0.113. The first-order valence-electron chi connectivity index (χ1n) is 11.3. The molecule has 0 atom stereocenters. The van der Waals surface area contributed by atoms with Gasteiger partial charge in [-0.1, -0.05) is 43.9 Å². The number of nitrogens with two attached hydrogens (primary N) is 1. The van der Waals surface area contributed by atoms with E-state index in [1.54, 1.807) is 13.8 Å². The number of nitrogens with zero attached hydrogens (tertiary/aromatic N) is 3. The molecule has 2 heterocycles. The Bertz CT molecular complexity index is 1010. The maximum atomic E-state index is 12.7. The number of hydrogen-bond donors (Lipinski definition) is 2. The Morgan fingerprint density at radius 2 is 1.94 bits per heavy atom. The minimum Gasteiger partial charge on any atom is -0.462 e. The molecule has 0 spiro atoms. The lowest BCUT2D eigenvalue weighted by atomic mass is 9.87. The van der Waals surface area contributed by atoms with E-state index in [0.717, 1.165) is 30.1 Å². The van der Waals surface area contributed by atoms with Crippen molar-refractivity contribution < 1.29 is 19.1 Å². The maximum absolute atomic E-state index is 12.7. The summed E-state index contributed by atoms with van der Waals surface area (Å²) < 4.78 is 7.15. The summed E-state index contributed by atoms with van der Waals surface area (Å²) in [6, 6.07) is 0. The van der Waals surface area contributed by atoms with Gasteiger partial charge in [-0.25, -0.2) is 4.79 Å². The molecule has 2 aromatic heterocycles. The Balaban J connectivity index is 1.67. The number of hydrogen-bond acceptors (Lipinski definition) is 8. The number of ether oxygens (including phenoxy) is 1. The fourth-order valence-electron chi connectivity index (χ4n) is 4.12. The van der Waals surface area contributed by atoms with E-state index in [0.29, 0.717) is 16.6 Å². The molecule has 0 aliphatic heterocycles. The SMILES string of the molecule is CCOC(=O)c1c(NC(=O)CSc2nnc(CC3CCCCC3)n2CC)sc(C(N)=O)c1C. The molecule has 1 fully saturated rings. The molecule has 0 saturated heterocycles. The standard InChI is InChI=1S/C22H31N5O4S2/c1-4-27-15(11-14-9-7-6-8-10-14)25-26-22(27)32-12-16(28)24-20-17(21(30)31-5-2)13(3)18(33-20)19(23)29/h14H,4-12H2,1-3H3,(H2,23,29)(H,24,28). The number of aromatic nitrogens is 3. The molecule has 3 N–H and O–H groups in total. The summed E-state index contributed by atoms with van der Waals surface area (Å²) in [6.07, 6.45) is 7.26. The third-order valence-electron chi connectivity index (χ3n) is 5.74. The van der Waals surface area contributed by atoms with Gasteiger partial charge < -0.3 is 20.4 Å². The van der Waals surface area contributed by atoms with Gasteiger partial charge in [-0.3, -0.25) is 9.59 Å². The smallest absolute Gasteiger partial charge is 0.341 e. The van der Waals surface area contributed by atoms with Gasteiger partial charge in [0.1, 0.15) is 10.8 Å². The summed E-state index contributed by atoms with van der Waals surface area (Å²) in [6.45, 7) is 6.27. The molecular formula is C22H31N5O4S2. The third kappa shape index (κ3) is 6.14. The van der Waals surface area contributed by atoms with Crippen molar-refractivity contribution in [2.75, 3.05) is 17.7 Å². The number of esters is 1. The molecule has 0 radical (unpaired) electrons. The zero-order chi connectivity index (χ0) is 24.0. The average molecular weight is 494 g/mol. The van der Waals surface area contributed by atoms with Gasteiger partial charge in [0, 0.05) is 13.0 Å². The molecule has 1 aliphatic carbocycles. The van der Waals surface area contributed by atoms with E-state index >= 15 is 0 Å². The van der Waals surface area contributed by atoms with Crippen LogP contribution < -0.4 is 11.1 Å². The van der Waals surface area contributed by atoms with Crippen molar-refractivity contribution in [3.63, 3.8) is 0 Å². The minimum absolute atomic E-state index is 0.0900. The Morgan fingerprint density at radius 3 is 2.58 bits per heavy atom. The Hall–Kier alpha value is -2.40. The Morgan fingerprint density at radius 1 is 1.21 bits per heavy atom. The largest absolute Gasteiger partial charge is 0.462 e. The van der Waals surface area contributed by atoms with E-state index in [2.05, 4.69) is 20.1 Å². The van der Waals surface area contributed by atoms with Crippen LogP contribution in [-0.4, -0.2) is 44.9 Å². The van der Waals surface area contributed by atoms with Crippen molar-refractivity contribution in [3.05, 3.63) is 21.8 Å². The maximum Gasteiger partial charge on any atom is 0.341 e. The van der Waals surface area contributed by atoms with Crippen LogP contribution in [0.2, 0.25) is 0 Å². The fourth-order valence-corrected chi connectivity index (χ4v) is 6.01. The van der Waals surface area contributed by atoms with Gasteiger partial charge in [-0.2, -0.15) is 0 Å². The highest BCUT2D eigenvalue weighted by Gasteiger charge is 2.26. The molecule has 9 nitrogen and oxygen atoms in total. The number of nitrogens with one attached hydrogen (secondary N) is 1. The van der Waals surface area contributed by atoms with Crippen LogP contribution in [0.4, 0.5) is 5.00 Å². The first kappa shape index (κ1) is 25.2. The first-order valence-corrected chi connectivity index (χ1v) is 13.1. The quantitative estimate of drug-likeness (QED) is 0.380. The van der Waals surface area contributed by atoms with Crippen molar-refractivity contribution in [3.8, 4) is 0 Å². The lowest BCUT2D eigenvalue weighted by Gasteiger charge is -2.21. The molecule has 33 heavy (non-hydrogen) atoms. The topological polar surface area (TPSA) is 129 Å². The van der Waals surface area contributed by atoms with Crippen molar-refractivity contribution in [1.82, 2.24) is 14.8 Å². The molecule has 0 aromatic carbocycles. The van der Waals surface area contributed by atoms with E-state index in [1.165, 1.54) is 43.9 Å². The van der Waals surface area contributed by atoms with Crippen molar-refractivity contribution in [2.45, 2.75) is 71.0 Å². The number of carbonyl (C=O) groups is 3. The summed E-state index contributed by atoms with van der Waals surface area (Å²) in [5.74, 6) is 0.141. The predicted octanol–water partition coefficient (Wildman–Crippen LogP) is 3.80. The van der Waals surface area contributed by atoms with Crippen LogP contribution in [0.25, 0.3) is 0 Å². The van der Waals surface area contributed by atoms with Crippen LogP contribution in [0.3, 0.4) is 0 Å². The fraction of sp³-hybridized carbons (Fsp3) is 0.591. The predicted molar refractivity (Wildman–Crippen MR) is 129 cm³/mol. The second-order valence-electron chi connectivity index (χ2n) is 8.03. The van der Waals surface area contributed by atoms with Gasteiger partial charge in [0.25, 0.3) is 5.91 Å². The number of rotatable bonds is 10. The average Bonchev–Trinajstić information content (AvgIpc) is 3.33. The highest BCUT2D eigenvalue weighted by Crippen LogP contribution is 2.34. The number of thioether (sulfide) groups is 1. The molecule has 180 valence electrons. The van der Waals surface area contributed by atoms with Gasteiger partial charge >= 0.3 is 5.97 Å². The monoisotopic (exact) mass is 493 g/mol. The second-order valence-corrected chi connectivity index (χ2v) is 10.00. The molecule has 2 aromatic rings. The van der Waals surface area contributed by atoms with Gasteiger partial charge in [-0.15, -0.1) is 21.5 Å². The van der Waals surface area contributed by atoms with Crippen molar-refractivity contribution >= 4 is 45.9 Å². The van der Waals surface area contributed by atoms with Crippen molar-refractivity contribution in [1.29, 1.82) is 0 Å². The van der Waals surface area contributed by atoms with Gasteiger partial charge in [0.2, 0.25) is 5.91 Å². The molecule has 1 aliphatic rings. The van der Waals surface area contributed by atoms with Crippen LogP contribution >= 0.6 is 23.1 Å². The third-order valence-corrected chi connectivity index (χ3v) is 7.93. The summed E-state index contributed by atoms with van der Waals surface area (Å²) in [5.41, 5.74) is 6.00. The number of thiophene rings is 1. The Kier molecular flexibility index (Phi) is 8.90. The van der Waals surface area contributed by atoms with Gasteiger partial charge in [0.05, 0.1) is 22.8 Å². The highest BCUT2D eigenvalue weighted by molar-refractivity contribution is 7.99. The molecular weight excluding hydrogens is 462 g/mol. The highest BCUT2D eigenvalue weighted by atomic mass is 32.2. The van der Waals surface area contributed by atoms with Crippen LogP contribution in [0, 0.1) is 12.8 Å². The minimum atomic E-state index is -0.653. The Labute approximate surface area is 201 Å².